The molecule has 1 saturated heterocycles. The van der Waals surface area contributed by atoms with Crippen LogP contribution >= 0.6 is 0 Å². The minimum atomic E-state index is -0.279. The van der Waals surface area contributed by atoms with Gasteiger partial charge >= 0.3 is 6.09 Å². The van der Waals surface area contributed by atoms with Crippen molar-refractivity contribution in [3.8, 4) is 0 Å². The molecule has 0 spiro atoms. The Bertz CT molecular complexity index is 734. The Kier molecular flexibility index (Phi) is 5.71. The van der Waals surface area contributed by atoms with Gasteiger partial charge in [0.15, 0.2) is 0 Å². The van der Waals surface area contributed by atoms with Crippen molar-refractivity contribution in [2.45, 2.75) is 38.2 Å². The van der Waals surface area contributed by atoms with Crippen LogP contribution in [0, 0.1) is 0 Å². The first-order valence-corrected chi connectivity index (χ1v) is 9.10. The number of likely N-dealkylation sites (tertiary alicyclic amines) is 1. The SMILES string of the molecule is CC(=O)CC1(c2ccccc2)CCN(C(=O)OCc2ccccc2)CC1. The Morgan fingerprint density at radius 3 is 2.12 bits per heavy atom. The van der Waals surface area contributed by atoms with Crippen molar-refractivity contribution in [1.29, 1.82) is 0 Å². The maximum Gasteiger partial charge on any atom is 0.410 e. The first-order valence-electron chi connectivity index (χ1n) is 9.10. The normalized spacial score (nSPS) is 16.1. The van der Waals surface area contributed by atoms with Gasteiger partial charge in [-0.3, -0.25) is 4.79 Å². The smallest absolute Gasteiger partial charge is 0.410 e. The van der Waals surface area contributed by atoms with E-state index in [0.717, 1.165) is 18.4 Å². The van der Waals surface area contributed by atoms with Gasteiger partial charge in [-0.2, -0.15) is 0 Å². The van der Waals surface area contributed by atoms with Crippen molar-refractivity contribution in [3.05, 3.63) is 71.8 Å². The monoisotopic (exact) mass is 351 g/mol. The molecule has 1 heterocycles. The fourth-order valence-electron chi connectivity index (χ4n) is 3.76. The number of amides is 1. The number of nitrogens with zero attached hydrogens (tertiary/aromatic N) is 1. The maximum absolute atomic E-state index is 12.4. The molecule has 2 aromatic rings. The number of benzene rings is 2. The fraction of sp³-hybridized carbons (Fsp3) is 0.364. The highest BCUT2D eigenvalue weighted by molar-refractivity contribution is 5.77. The van der Waals surface area contributed by atoms with E-state index in [0.29, 0.717) is 19.5 Å². The predicted octanol–water partition coefficient (Wildman–Crippen LogP) is 4.34. The second-order valence-corrected chi connectivity index (χ2v) is 7.05. The Morgan fingerprint density at radius 1 is 0.962 bits per heavy atom. The van der Waals surface area contributed by atoms with E-state index in [4.69, 9.17) is 4.74 Å². The van der Waals surface area contributed by atoms with Crippen LogP contribution in [0.5, 0.6) is 0 Å². The molecule has 4 heteroatoms. The van der Waals surface area contributed by atoms with Crippen molar-refractivity contribution in [2.24, 2.45) is 0 Å². The van der Waals surface area contributed by atoms with Gasteiger partial charge < -0.3 is 9.64 Å². The van der Waals surface area contributed by atoms with Crippen molar-refractivity contribution >= 4 is 11.9 Å². The highest BCUT2D eigenvalue weighted by Gasteiger charge is 2.38. The number of piperidine rings is 1. The van der Waals surface area contributed by atoms with Gasteiger partial charge in [0.1, 0.15) is 12.4 Å². The third kappa shape index (κ3) is 4.31. The first kappa shape index (κ1) is 18.2. The zero-order valence-corrected chi connectivity index (χ0v) is 15.2. The van der Waals surface area contributed by atoms with Gasteiger partial charge in [0.05, 0.1) is 0 Å². The average molecular weight is 351 g/mol. The fourth-order valence-corrected chi connectivity index (χ4v) is 3.76. The number of hydrogen-bond acceptors (Lipinski definition) is 3. The minimum absolute atomic E-state index is 0.177. The summed E-state index contributed by atoms with van der Waals surface area (Å²) in [6.45, 7) is 3.14. The lowest BCUT2D eigenvalue weighted by Crippen LogP contribution is -2.46. The van der Waals surface area contributed by atoms with Crippen LogP contribution in [0.25, 0.3) is 0 Å². The van der Waals surface area contributed by atoms with Gasteiger partial charge in [-0.05, 0) is 30.9 Å². The Labute approximate surface area is 154 Å². The third-order valence-electron chi connectivity index (χ3n) is 5.16. The Morgan fingerprint density at radius 2 is 1.54 bits per heavy atom. The molecule has 1 fully saturated rings. The summed E-state index contributed by atoms with van der Waals surface area (Å²) in [4.78, 5) is 26.0. The zero-order valence-electron chi connectivity index (χ0n) is 15.2. The average Bonchev–Trinajstić information content (AvgIpc) is 2.68. The van der Waals surface area contributed by atoms with Crippen LogP contribution in [-0.4, -0.2) is 29.9 Å². The molecule has 26 heavy (non-hydrogen) atoms. The van der Waals surface area contributed by atoms with E-state index in [1.54, 1.807) is 11.8 Å². The van der Waals surface area contributed by atoms with Crippen LogP contribution < -0.4 is 0 Å². The van der Waals surface area contributed by atoms with Crippen molar-refractivity contribution < 1.29 is 14.3 Å². The number of rotatable bonds is 5. The minimum Gasteiger partial charge on any atom is -0.445 e. The molecule has 1 amide bonds. The summed E-state index contributed by atoms with van der Waals surface area (Å²) < 4.78 is 5.44. The number of Topliss-reactive ketones (excluding diaryl/α,β-unsaturated/α-hetero) is 1. The molecular formula is C22H25NO3. The summed E-state index contributed by atoms with van der Waals surface area (Å²) in [6, 6.07) is 19.9. The lowest BCUT2D eigenvalue weighted by Gasteiger charge is -2.41. The molecular weight excluding hydrogens is 326 g/mol. The van der Waals surface area contributed by atoms with Crippen molar-refractivity contribution in [1.82, 2.24) is 4.90 Å². The van der Waals surface area contributed by atoms with Crippen molar-refractivity contribution in [3.63, 3.8) is 0 Å². The second kappa shape index (κ2) is 8.17. The number of hydrogen-bond donors (Lipinski definition) is 0. The van der Waals surface area contributed by atoms with Gasteiger partial charge in [-0.25, -0.2) is 4.79 Å². The lowest BCUT2D eigenvalue weighted by atomic mass is 9.70. The number of ketones is 1. The molecule has 0 saturated carbocycles. The topological polar surface area (TPSA) is 46.6 Å². The summed E-state index contributed by atoms with van der Waals surface area (Å²) >= 11 is 0. The maximum atomic E-state index is 12.4. The summed E-state index contributed by atoms with van der Waals surface area (Å²) in [7, 11) is 0. The summed E-state index contributed by atoms with van der Waals surface area (Å²) in [5.74, 6) is 0.189. The molecule has 136 valence electrons. The van der Waals surface area contributed by atoms with Gasteiger partial charge in [-0.15, -0.1) is 0 Å². The van der Waals surface area contributed by atoms with Crippen LogP contribution in [0.3, 0.4) is 0 Å². The highest BCUT2D eigenvalue weighted by atomic mass is 16.6. The van der Waals surface area contributed by atoms with Gasteiger partial charge in [0, 0.05) is 24.9 Å². The van der Waals surface area contributed by atoms with E-state index < -0.39 is 0 Å². The molecule has 3 rings (SSSR count). The van der Waals surface area contributed by atoms with Crippen LogP contribution in [0.15, 0.2) is 60.7 Å². The molecule has 4 nitrogen and oxygen atoms in total. The molecule has 0 aliphatic carbocycles. The first-order chi connectivity index (χ1) is 12.6. The molecule has 1 aliphatic heterocycles. The largest absolute Gasteiger partial charge is 0.445 e. The van der Waals surface area contributed by atoms with E-state index >= 15 is 0 Å². The van der Waals surface area contributed by atoms with Crippen LogP contribution in [0.2, 0.25) is 0 Å². The second-order valence-electron chi connectivity index (χ2n) is 7.05. The molecule has 0 atom stereocenters. The molecule has 0 unspecified atom stereocenters. The van der Waals surface area contributed by atoms with Crippen molar-refractivity contribution in [2.75, 3.05) is 13.1 Å². The van der Waals surface area contributed by atoms with E-state index in [9.17, 15) is 9.59 Å². The van der Waals surface area contributed by atoms with E-state index in [1.165, 1.54) is 5.56 Å². The Hall–Kier alpha value is -2.62. The van der Waals surface area contributed by atoms with E-state index in [2.05, 4.69) is 12.1 Å². The molecule has 0 aromatic heterocycles. The molecule has 1 aliphatic rings. The zero-order chi connectivity index (χ0) is 18.4. The predicted molar refractivity (Wildman–Crippen MR) is 101 cm³/mol. The summed E-state index contributed by atoms with van der Waals surface area (Å²) in [5.41, 5.74) is 1.99. The van der Waals surface area contributed by atoms with E-state index in [1.807, 2.05) is 48.5 Å². The van der Waals surface area contributed by atoms with Gasteiger partial charge in [0.2, 0.25) is 0 Å². The summed E-state index contributed by atoms with van der Waals surface area (Å²) in [5, 5.41) is 0. The van der Waals surface area contributed by atoms with E-state index in [-0.39, 0.29) is 23.9 Å². The molecule has 0 radical (unpaired) electrons. The molecule has 0 N–H and O–H groups in total. The summed E-state index contributed by atoms with van der Waals surface area (Å²) in [6.07, 6.45) is 1.79. The number of carbonyl (C=O) groups is 2. The van der Waals surface area contributed by atoms with Crippen LogP contribution in [0.1, 0.15) is 37.3 Å². The standard InChI is InChI=1S/C22H25NO3/c1-18(24)16-22(20-10-6-3-7-11-20)12-14-23(15-13-22)21(25)26-17-19-8-4-2-5-9-19/h2-11H,12-17H2,1H3. The van der Waals surface area contributed by atoms with Gasteiger partial charge in [0.25, 0.3) is 0 Å². The molecule has 2 aromatic carbocycles. The Balaban J connectivity index is 1.62. The lowest BCUT2D eigenvalue weighted by molar-refractivity contribution is -0.118. The number of carbonyl (C=O) groups excluding carboxylic acids is 2. The van der Waals surface area contributed by atoms with Crippen LogP contribution in [0.4, 0.5) is 4.79 Å². The quantitative estimate of drug-likeness (QED) is 0.805. The van der Waals surface area contributed by atoms with Crippen LogP contribution in [-0.2, 0) is 21.6 Å². The number of ether oxygens (including phenoxy) is 1. The third-order valence-corrected chi connectivity index (χ3v) is 5.16. The highest BCUT2D eigenvalue weighted by Crippen LogP contribution is 2.39. The van der Waals surface area contributed by atoms with Gasteiger partial charge in [-0.1, -0.05) is 60.7 Å². The molecule has 0 bridgehead atoms.